The molecule has 0 aliphatic carbocycles. The summed E-state index contributed by atoms with van der Waals surface area (Å²) in [5, 5.41) is 12.5. The average molecular weight is 229 g/mol. The molecule has 1 saturated heterocycles. The lowest BCUT2D eigenvalue weighted by Gasteiger charge is -2.26. The molecule has 4 nitrogen and oxygen atoms in total. The molecule has 1 unspecified atom stereocenters. The summed E-state index contributed by atoms with van der Waals surface area (Å²) in [5.74, 6) is 0. The lowest BCUT2D eigenvalue weighted by atomic mass is 10.2. The Kier molecular flexibility index (Phi) is 6.96. The first-order valence-electron chi connectivity index (χ1n) is 6.51. The molecule has 0 spiro atoms. The van der Waals surface area contributed by atoms with Crippen LogP contribution in [0.2, 0.25) is 0 Å². The van der Waals surface area contributed by atoms with Crippen LogP contribution in [0.4, 0.5) is 0 Å². The largest absolute Gasteiger partial charge is 0.396 e. The minimum absolute atomic E-state index is 0.283. The van der Waals surface area contributed by atoms with Crippen molar-refractivity contribution in [2.24, 2.45) is 0 Å². The normalized spacial score (nSPS) is 21.9. The predicted octanol–water partition coefficient (Wildman–Crippen LogP) is -0.0156. The molecule has 2 N–H and O–H groups in total. The minimum Gasteiger partial charge on any atom is -0.396 e. The summed E-state index contributed by atoms with van der Waals surface area (Å²) in [6.45, 7) is 9.19. The number of hydrogen-bond donors (Lipinski definition) is 2. The fraction of sp³-hybridized carbons (Fsp3) is 1.00. The molecule has 4 heteroatoms. The van der Waals surface area contributed by atoms with E-state index in [1.807, 2.05) is 0 Å². The zero-order chi connectivity index (χ0) is 11.8. The van der Waals surface area contributed by atoms with Gasteiger partial charge in [-0.2, -0.15) is 0 Å². The first-order valence-corrected chi connectivity index (χ1v) is 6.51. The number of rotatable bonds is 6. The van der Waals surface area contributed by atoms with Crippen LogP contribution >= 0.6 is 0 Å². The number of aliphatic hydroxyl groups is 1. The number of likely N-dealkylation sites (N-methyl/N-ethyl adjacent to an activating group) is 2. The second kappa shape index (κ2) is 8.01. The van der Waals surface area contributed by atoms with E-state index in [0.717, 1.165) is 32.6 Å². The molecule has 1 rings (SSSR count). The monoisotopic (exact) mass is 229 g/mol. The lowest BCUT2D eigenvalue weighted by Crippen LogP contribution is -2.42. The van der Waals surface area contributed by atoms with Gasteiger partial charge in [0.05, 0.1) is 0 Å². The molecule has 16 heavy (non-hydrogen) atoms. The van der Waals surface area contributed by atoms with Crippen molar-refractivity contribution in [3.63, 3.8) is 0 Å². The quantitative estimate of drug-likeness (QED) is 0.672. The van der Waals surface area contributed by atoms with Crippen molar-refractivity contribution in [2.75, 3.05) is 52.9 Å². The Morgan fingerprint density at radius 1 is 1.25 bits per heavy atom. The highest BCUT2D eigenvalue weighted by atomic mass is 16.3. The molecule has 1 fully saturated rings. The van der Waals surface area contributed by atoms with Crippen LogP contribution in [0.25, 0.3) is 0 Å². The Bertz CT molecular complexity index is 172. The molecule has 0 aromatic carbocycles. The van der Waals surface area contributed by atoms with E-state index in [1.165, 1.54) is 19.5 Å². The summed E-state index contributed by atoms with van der Waals surface area (Å²) in [7, 11) is 2.19. The van der Waals surface area contributed by atoms with Gasteiger partial charge in [-0.3, -0.25) is 0 Å². The molecular weight excluding hydrogens is 202 g/mol. The van der Waals surface area contributed by atoms with Crippen LogP contribution in [-0.4, -0.2) is 73.9 Å². The number of aliphatic hydroxyl groups excluding tert-OH is 1. The third-order valence-corrected chi connectivity index (χ3v) is 3.26. The summed E-state index contributed by atoms with van der Waals surface area (Å²) in [4.78, 5) is 4.92. The molecule has 0 aromatic rings. The smallest absolute Gasteiger partial charge is 0.0446 e. The van der Waals surface area contributed by atoms with Gasteiger partial charge in [0.1, 0.15) is 0 Å². The Balaban J connectivity index is 2.31. The maximum Gasteiger partial charge on any atom is 0.0446 e. The van der Waals surface area contributed by atoms with Crippen molar-refractivity contribution in [3.05, 3.63) is 0 Å². The van der Waals surface area contributed by atoms with Crippen molar-refractivity contribution in [2.45, 2.75) is 25.8 Å². The maximum absolute atomic E-state index is 9.02. The van der Waals surface area contributed by atoms with Gasteiger partial charge in [0.2, 0.25) is 0 Å². The van der Waals surface area contributed by atoms with Gasteiger partial charge < -0.3 is 20.2 Å². The summed E-state index contributed by atoms with van der Waals surface area (Å²) < 4.78 is 0. The van der Waals surface area contributed by atoms with Crippen LogP contribution in [0, 0.1) is 0 Å². The SMILES string of the molecule is CCNC(CCO)CN1CCCN(C)CC1. The maximum atomic E-state index is 9.02. The lowest BCUT2D eigenvalue weighted by molar-refractivity contribution is 0.212. The van der Waals surface area contributed by atoms with Crippen LogP contribution in [-0.2, 0) is 0 Å². The minimum atomic E-state index is 0.283. The summed E-state index contributed by atoms with van der Waals surface area (Å²) >= 11 is 0. The zero-order valence-electron chi connectivity index (χ0n) is 10.8. The van der Waals surface area contributed by atoms with E-state index in [2.05, 4.69) is 29.1 Å². The fourth-order valence-corrected chi connectivity index (χ4v) is 2.30. The topological polar surface area (TPSA) is 38.7 Å². The average Bonchev–Trinajstić information content (AvgIpc) is 2.45. The van der Waals surface area contributed by atoms with E-state index in [9.17, 15) is 0 Å². The fourth-order valence-electron chi connectivity index (χ4n) is 2.30. The molecule has 1 atom stereocenters. The molecule has 0 bridgehead atoms. The van der Waals surface area contributed by atoms with Crippen molar-refractivity contribution in [1.29, 1.82) is 0 Å². The highest BCUT2D eigenvalue weighted by Crippen LogP contribution is 2.03. The van der Waals surface area contributed by atoms with Gasteiger partial charge in [-0.25, -0.2) is 0 Å². The highest BCUT2D eigenvalue weighted by Gasteiger charge is 2.16. The Labute approximate surface area is 99.6 Å². The number of nitrogens with zero attached hydrogens (tertiary/aromatic N) is 2. The molecule has 0 amide bonds. The summed E-state index contributed by atoms with van der Waals surface area (Å²) in [6, 6.07) is 0.443. The van der Waals surface area contributed by atoms with Gasteiger partial charge in [0, 0.05) is 32.3 Å². The van der Waals surface area contributed by atoms with Crippen LogP contribution in [0.1, 0.15) is 19.8 Å². The Hall–Kier alpha value is -0.160. The van der Waals surface area contributed by atoms with Gasteiger partial charge in [0.15, 0.2) is 0 Å². The summed E-state index contributed by atoms with van der Waals surface area (Å²) in [5.41, 5.74) is 0. The van der Waals surface area contributed by atoms with Gasteiger partial charge in [-0.1, -0.05) is 6.92 Å². The highest BCUT2D eigenvalue weighted by molar-refractivity contribution is 4.74. The van der Waals surface area contributed by atoms with E-state index in [0.29, 0.717) is 6.04 Å². The van der Waals surface area contributed by atoms with Gasteiger partial charge in [0.25, 0.3) is 0 Å². The molecule has 1 heterocycles. The first kappa shape index (κ1) is 13.9. The number of hydrogen-bond acceptors (Lipinski definition) is 4. The Morgan fingerprint density at radius 3 is 2.75 bits per heavy atom. The number of nitrogens with one attached hydrogen (secondary N) is 1. The van der Waals surface area contributed by atoms with E-state index < -0.39 is 0 Å². The van der Waals surface area contributed by atoms with Gasteiger partial charge in [-0.05, 0) is 39.5 Å². The molecular formula is C12H27N3O. The molecule has 1 aliphatic rings. The van der Waals surface area contributed by atoms with Crippen LogP contribution in [0.15, 0.2) is 0 Å². The van der Waals surface area contributed by atoms with Crippen molar-refractivity contribution in [3.8, 4) is 0 Å². The van der Waals surface area contributed by atoms with Crippen LogP contribution in [0.5, 0.6) is 0 Å². The zero-order valence-corrected chi connectivity index (χ0v) is 10.8. The molecule has 1 aliphatic heterocycles. The first-order chi connectivity index (χ1) is 7.76. The van der Waals surface area contributed by atoms with Crippen LogP contribution < -0.4 is 5.32 Å². The third kappa shape index (κ3) is 5.25. The predicted molar refractivity (Wildman–Crippen MR) is 67.7 cm³/mol. The molecule has 0 saturated carbocycles. The second-order valence-electron chi connectivity index (χ2n) is 4.72. The second-order valence-corrected chi connectivity index (χ2v) is 4.72. The molecule has 0 aromatic heterocycles. The van der Waals surface area contributed by atoms with Crippen molar-refractivity contribution >= 4 is 0 Å². The molecule has 96 valence electrons. The van der Waals surface area contributed by atoms with Gasteiger partial charge >= 0.3 is 0 Å². The van der Waals surface area contributed by atoms with Crippen molar-refractivity contribution in [1.82, 2.24) is 15.1 Å². The van der Waals surface area contributed by atoms with Crippen LogP contribution in [0.3, 0.4) is 0 Å². The summed E-state index contributed by atoms with van der Waals surface area (Å²) in [6.07, 6.45) is 2.12. The van der Waals surface area contributed by atoms with E-state index in [-0.39, 0.29) is 6.61 Å². The van der Waals surface area contributed by atoms with Gasteiger partial charge in [-0.15, -0.1) is 0 Å². The van der Waals surface area contributed by atoms with Crippen molar-refractivity contribution < 1.29 is 5.11 Å². The molecule has 0 radical (unpaired) electrons. The Morgan fingerprint density at radius 2 is 2.06 bits per heavy atom. The van der Waals surface area contributed by atoms with E-state index >= 15 is 0 Å². The third-order valence-electron chi connectivity index (χ3n) is 3.26. The van der Waals surface area contributed by atoms with E-state index in [1.54, 1.807) is 0 Å². The standard InChI is InChI=1S/C12H27N3O/c1-3-13-12(5-10-16)11-15-7-4-6-14(2)8-9-15/h12-13,16H,3-11H2,1-2H3. The van der Waals surface area contributed by atoms with E-state index in [4.69, 9.17) is 5.11 Å².